The summed E-state index contributed by atoms with van der Waals surface area (Å²) in [5, 5.41) is 0. The van der Waals surface area contributed by atoms with E-state index in [2.05, 4.69) is 4.74 Å². The van der Waals surface area contributed by atoms with Gasteiger partial charge < -0.3 is 4.74 Å². The highest BCUT2D eigenvalue weighted by molar-refractivity contribution is 6.15. The number of cyclic esters (lactones) is 2. The lowest BCUT2D eigenvalue weighted by Crippen LogP contribution is -2.05. The van der Waals surface area contributed by atoms with Gasteiger partial charge in [0.05, 0.1) is 0 Å². The predicted octanol–water partition coefficient (Wildman–Crippen LogP) is 1.89. The number of rotatable bonds is 0. The molecule has 2 rings (SSSR count). The average Bonchev–Trinajstić information content (AvgIpc) is 2.47. The fourth-order valence-electron chi connectivity index (χ4n) is 1.49. The maximum Gasteiger partial charge on any atom is 0.350 e. The minimum absolute atomic E-state index is 0.0119. The third-order valence-corrected chi connectivity index (χ3v) is 2.50. The molecule has 1 aliphatic heterocycles. The number of ether oxygens (including phenoxy) is 1. The van der Waals surface area contributed by atoms with E-state index in [1.54, 1.807) is 0 Å². The van der Waals surface area contributed by atoms with Gasteiger partial charge in [-0.05, 0) is 25.0 Å². The molecule has 15 heavy (non-hydrogen) atoms. The molecule has 0 N–H and O–H groups in total. The summed E-state index contributed by atoms with van der Waals surface area (Å²) in [6.45, 7) is 2.67. The van der Waals surface area contributed by atoms with Crippen LogP contribution in [-0.2, 0) is 4.74 Å². The second-order valence-corrected chi connectivity index (χ2v) is 3.30. The fraction of sp³-hybridized carbons (Fsp3) is 0.200. The summed E-state index contributed by atoms with van der Waals surface area (Å²) in [4.78, 5) is 22.1. The van der Waals surface area contributed by atoms with Gasteiger partial charge in [-0.25, -0.2) is 18.4 Å². The standard InChI is InChI=1S/C10H6F2O3/c1-3-4(2)8(12)6-5(7(3)11)9(13)15-10(6)14/h1-2H3. The van der Waals surface area contributed by atoms with Gasteiger partial charge in [0, 0.05) is 0 Å². The first-order valence-corrected chi connectivity index (χ1v) is 4.19. The lowest BCUT2D eigenvalue weighted by molar-refractivity contribution is 0.0441. The van der Waals surface area contributed by atoms with Crippen LogP contribution in [0.1, 0.15) is 31.8 Å². The van der Waals surface area contributed by atoms with Crippen LogP contribution in [0.5, 0.6) is 0 Å². The van der Waals surface area contributed by atoms with Crippen LogP contribution in [-0.4, -0.2) is 11.9 Å². The highest BCUT2D eigenvalue weighted by Gasteiger charge is 2.38. The number of esters is 2. The van der Waals surface area contributed by atoms with E-state index in [-0.39, 0.29) is 11.1 Å². The van der Waals surface area contributed by atoms with Gasteiger partial charge in [0.2, 0.25) is 0 Å². The van der Waals surface area contributed by atoms with Gasteiger partial charge in [0.1, 0.15) is 22.8 Å². The number of carbonyl (C=O) groups excluding carboxylic acids is 2. The summed E-state index contributed by atoms with van der Waals surface area (Å²) in [7, 11) is 0. The molecule has 0 radical (unpaired) electrons. The molecule has 78 valence electrons. The normalized spacial score (nSPS) is 14.1. The molecule has 1 aromatic carbocycles. The zero-order chi connectivity index (χ0) is 11.3. The molecule has 0 amide bonds. The highest BCUT2D eigenvalue weighted by atomic mass is 19.1. The van der Waals surface area contributed by atoms with Crippen LogP contribution in [0.4, 0.5) is 8.78 Å². The van der Waals surface area contributed by atoms with Crippen molar-refractivity contribution in [2.75, 3.05) is 0 Å². The highest BCUT2D eigenvalue weighted by Crippen LogP contribution is 2.30. The average molecular weight is 212 g/mol. The van der Waals surface area contributed by atoms with E-state index < -0.39 is 34.7 Å². The predicted molar refractivity (Wildman–Crippen MR) is 45.6 cm³/mol. The van der Waals surface area contributed by atoms with E-state index in [1.165, 1.54) is 13.8 Å². The van der Waals surface area contributed by atoms with Crippen molar-refractivity contribution in [3.05, 3.63) is 33.9 Å². The lowest BCUT2D eigenvalue weighted by Gasteiger charge is -2.06. The maximum atomic E-state index is 13.5. The van der Waals surface area contributed by atoms with Gasteiger partial charge in [-0.1, -0.05) is 0 Å². The largest absolute Gasteiger partial charge is 0.385 e. The summed E-state index contributed by atoms with van der Waals surface area (Å²) in [6.07, 6.45) is 0. The molecule has 1 aliphatic rings. The molecule has 0 unspecified atom stereocenters. The minimum atomic E-state index is -1.13. The molecule has 1 heterocycles. The quantitative estimate of drug-likeness (QED) is 0.487. The van der Waals surface area contributed by atoms with E-state index in [1.807, 2.05) is 0 Å². The van der Waals surface area contributed by atoms with Crippen molar-refractivity contribution in [2.24, 2.45) is 0 Å². The third-order valence-electron chi connectivity index (χ3n) is 2.50. The number of halogens is 2. The second kappa shape index (κ2) is 2.85. The second-order valence-electron chi connectivity index (χ2n) is 3.30. The first-order chi connectivity index (χ1) is 6.95. The zero-order valence-corrected chi connectivity index (χ0v) is 7.98. The fourth-order valence-corrected chi connectivity index (χ4v) is 1.49. The van der Waals surface area contributed by atoms with E-state index in [0.717, 1.165) is 0 Å². The monoisotopic (exact) mass is 212 g/mol. The molecule has 3 nitrogen and oxygen atoms in total. The molecule has 5 heteroatoms. The summed E-state index contributed by atoms with van der Waals surface area (Å²) in [6, 6.07) is 0. The Morgan fingerprint density at radius 1 is 0.867 bits per heavy atom. The van der Waals surface area contributed by atoms with Gasteiger partial charge >= 0.3 is 11.9 Å². The number of hydrogen-bond acceptors (Lipinski definition) is 3. The molecule has 0 saturated carbocycles. The Morgan fingerprint density at radius 3 is 1.53 bits per heavy atom. The van der Waals surface area contributed by atoms with Gasteiger partial charge in [0.25, 0.3) is 0 Å². The number of benzene rings is 1. The van der Waals surface area contributed by atoms with Crippen molar-refractivity contribution in [3.63, 3.8) is 0 Å². The molecule has 0 aromatic heterocycles. The van der Waals surface area contributed by atoms with E-state index in [9.17, 15) is 18.4 Å². The first kappa shape index (κ1) is 9.76. The van der Waals surface area contributed by atoms with Crippen LogP contribution in [0, 0.1) is 25.5 Å². The molecule has 0 bridgehead atoms. The van der Waals surface area contributed by atoms with E-state index in [4.69, 9.17) is 0 Å². The van der Waals surface area contributed by atoms with Gasteiger partial charge in [-0.3, -0.25) is 0 Å². The van der Waals surface area contributed by atoms with E-state index >= 15 is 0 Å². The Labute approximate surface area is 83.7 Å². The van der Waals surface area contributed by atoms with Crippen molar-refractivity contribution in [1.82, 2.24) is 0 Å². The Balaban J connectivity index is 2.92. The maximum absolute atomic E-state index is 13.5. The Bertz CT molecular complexity index is 461. The van der Waals surface area contributed by atoms with Gasteiger partial charge in [0.15, 0.2) is 0 Å². The topological polar surface area (TPSA) is 43.4 Å². The van der Waals surface area contributed by atoms with Crippen LogP contribution >= 0.6 is 0 Å². The Morgan fingerprint density at radius 2 is 1.20 bits per heavy atom. The molecule has 0 fully saturated rings. The smallest absolute Gasteiger partial charge is 0.350 e. The SMILES string of the molecule is Cc1c(C)c(F)c2c(c1F)C(=O)OC2=O. The van der Waals surface area contributed by atoms with Crippen LogP contribution in [0.3, 0.4) is 0 Å². The third kappa shape index (κ3) is 1.09. The first-order valence-electron chi connectivity index (χ1n) is 4.19. The number of hydrogen-bond donors (Lipinski definition) is 0. The molecular weight excluding hydrogens is 206 g/mol. The van der Waals surface area contributed by atoms with Crippen LogP contribution in [0.25, 0.3) is 0 Å². The Hall–Kier alpha value is -1.78. The van der Waals surface area contributed by atoms with Gasteiger partial charge in [-0.15, -0.1) is 0 Å². The number of fused-ring (bicyclic) bond motifs is 1. The molecule has 1 aromatic rings. The summed E-state index contributed by atoms with van der Waals surface area (Å²) < 4.78 is 31.2. The van der Waals surface area contributed by atoms with Crippen LogP contribution in [0.15, 0.2) is 0 Å². The lowest BCUT2D eigenvalue weighted by atomic mass is 9.99. The number of carbonyl (C=O) groups is 2. The zero-order valence-electron chi connectivity index (χ0n) is 7.98. The van der Waals surface area contributed by atoms with Crippen molar-refractivity contribution < 1.29 is 23.1 Å². The molecule has 0 atom stereocenters. The summed E-state index contributed by atoms with van der Waals surface area (Å²) in [5.41, 5.74) is -1.17. The van der Waals surface area contributed by atoms with E-state index in [0.29, 0.717) is 0 Å². The van der Waals surface area contributed by atoms with Crippen molar-refractivity contribution in [1.29, 1.82) is 0 Å². The van der Waals surface area contributed by atoms with Crippen LogP contribution < -0.4 is 0 Å². The minimum Gasteiger partial charge on any atom is -0.385 e. The Kier molecular flexibility index (Phi) is 1.86. The molecule has 0 spiro atoms. The molecule has 0 aliphatic carbocycles. The summed E-state index contributed by atoms with van der Waals surface area (Å²) in [5.74, 6) is -4.04. The summed E-state index contributed by atoms with van der Waals surface area (Å²) >= 11 is 0. The van der Waals surface area contributed by atoms with Crippen LogP contribution in [0.2, 0.25) is 0 Å². The van der Waals surface area contributed by atoms with Crippen molar-refractivity contribution >= 4 is 11.9 Å². The van der Waals surface area contributed by atoms with Crippen molar-refractivity contribution in [3.8, 4) is 0 Å². The van der Waals surface area contributed by atoms with Gasteiger partial charge in [-0.2, -0.15) is 0 Å². The molecule has 0 saturated heterocycles. The molecular formula is C10H6F2O3. The van der Waals surface area contributed by atoms with Crippen molar-refractivity contribution in [2.45, 2.75) is 13.8 Å².